The summed E-state index contributed by atoms with van der Waals surface area (Å²) in [6, 6.07) is 0. The standard InChI is InChI=1S/C12H20O.Ac/c1-8-4-3-5-11-10(8)7-6-9(2)12(11)13;/h5,8-10,12-13H,3-4,6-7H2,1-2H3;. The van der Waals surface area contributed by atoms with Crippen molar-refractivity contribution >= 4 is 0 Å². The van der Waals surface area contributed by atoms with Crippen LogP contribution in [0.25, 0.3) is 0 Å². The molecule has 2 aliphatic rings. The molecule has 1 saturated carbocycles. The molecule has 4 unspecified atom stereocenters. The molecule has 0 heterocycles. The van der Waals surface area contributed by atoms with Crippen LogP contribution in [0.1, 0.15) is 39.5 Å². The molecule has 2 aliphatic carbocycles. The topological polar surface area (TPSA) is 20.2 Å². The zero-order valence-electron chi connectivity index (χ0n) is 9.24. The second kappa shape index (κ2) is 5.46. The number of hydrogen-bond donors (Lipinski definition) is 1. The average Bonchev–Trinajstić information content (AvgIpc) is 2.12. The van der Waals surface area contributed by atoms with Crippen LogP contribution in [0.2, 0.25) is 0 Å². The van der Waals surface area contributed by atoms with Gasteiger partial charge in [0.05, 0.1) is 6.10 Å². The first-order valence-corrected chi connectivity index (χ1v) is 5.58. The third kappa shape index (κ3) is 2.45. The maximum absolute atomic E-state index is 10.0. The summed E-state index contributed by atoms with van der Waals surface area (Å²) in [7, 11) is 0. The van der Waals surface area contributed by atoms with E-state index in [2.05, 4.69) is 19.9 Å². The molecule has 1 N–H and O–H groups in total. The predicted molar refractivity (Wildman–Crippen MR) is 54.4 cm³/mol. The minimum absolute atomic E-state index is 0. The second-order valence-corrected chi connectivity index (χ2v) is 4.86. The van der Waals surface area contributed by atoms with Crippen LogP contribution < -0.4 is 0 Å². The van der Waals surface area contributed by atoms with Gasteiger partial charge in [-0.25, -0.2) is 0 Å². The average molecular weight is 407 g/mol. The van der Waals surface area contributed by atoms with E-state index in [4.69, 9.17) is 0 Å². The molecule has 0 aliphatic heterocycles. The van der Waals surface area contributed by atoms with Gasteiger partial charge in [0, 0.05) is 44.1 Å². The third-order valence-electron chi connectivity index (χ3n) is 3.93. The zero-order chi connectivity index (χ0) is 9.42. The fourth-order valence-electron chi connectivity index (χ4n) is 2.91. The molecule has 0 aromatic rings. The van der Waals surface area contributed by atoms with Gasteiger partial charge in [-0.05, 0) is 49.0 Å². The van der Waals surface area contributed by atoms with Crippen molar-refractivity contribution in [2.24, 2.45) is 17.8 Å². The van der Waals surface area contributed by atoms with E-state index in [1.807, 2.05) is 0 Å². The van der Waals surface area contributed by atoms with Crippen LogP contribution in [-0.4, -0.2) is 11.2 Å². The molecule has 2 rings (SSSR count). The summed E-state index contributed by atoms with van der Waals surface area (Å²) in [5, 5.41) is 10.0. The summed E-state index contributed by atoms with van der Waals surface area (Å²) < 4.78 is 0. The van der Waals surface area contributed by atoms with Crippen LogP contribution in [0.3, 0.4) is 0 Å². The summed E-state index contributed by atoms with van der Waals surface area (Å²) in [6.07, 6.45) is 7.15. The van der Waals surface area contributed by atoms with Gasteiger partial charge in [0.2, 0.25) is 0 Å². The van der Waals surface area contributed by atoms with Crippen LogP contribution in [0.5, 0.6) is 0 Å². The van der Waals surface area contributed by atoms with Crippen molar-refractivity contribution < 1.29 is 49.2 Å². The number of aliphatic hydroxyl groups excluding tert-OH is 1. The predicted octanol–water partition coefficient (Wildman–Crippen LogP) is 2.75. The third-order valence-corrected chi connectivity index (χ3v) is 3.93. The Kier molecular flexibility index (Phi) is 5.15. The Morgan fingerprint density at radius 2 is 1.86 bits per heavy atom. The van der Waals surface area contributed by atoms with Crippen molar-refractivity contribution in [3.05, 3.63) is 11.6 Å². The Hall–Kier alpha value is 1.14. The van der Waals surface area contributed by atoms with E-state index in [9.17, 15) is 5.11 Å². The van der Waals surface area contributed by atoms with Crippen molar-refractivity contribution in [1.29, 1.82) is 0 Å². The van der Waals surface area contributed by atoms with Crippen LogP contribution in [0, 0.1) is 61.8 Å². The van der Waals surface area contributed by atoms with Gasteiger partial charge in [-0.2, -0.15) is 0 Å². The summed E-state index contributed by atoms with van der Waals surface area (Å²) in [4.78, 5) is 0. The van der Waals surface area contributed by atoms with Crippen LogP contribution >= 0.6 is 0 Å². The minimum Gasteiger partial charge on any atom is -0.388 e. The second-order valence-electron chi connectivity index (χ2n) is 4.86. The number of hydrogen-bond acceptors (Lipinski definition) is 1. The van der Waals surface area contributed by atoms with Gasteiger partial charge < -0.3 is 5.11 Å². The van der Waals surface area contributed by atoms with Crippen molar-refractivity contribution in [2.75, 3.05) is 0 Å². The van der Waals surface area contributed by atoms with Gasteiger partial charge in [0.15, 0.2) is 0 Å². The molecule has 0 aromatic carbocycles. The molecule has 4 atom stereocenters. The zero-order valence-corrected chi connectivity index (χ0v) is 14.0. The molecule has 1 fully saturated rings. The van der Waals surface area contributed by atoms with Gasteiger partial charge in [-0.3, -0.25) is 0 Å². The van der Waals surface area contributed by atoms with Gasteiger partial charge in [0.1, 0.15) is 0 Å². The Morgan fingerprint density at radius 3 is 2.57 bits per heavy atom. The van der Waals surface area contributed by atoms with Gasteiger partial charge in [0.25, 0.3) is 0 Å². The molecule has 14 heavy (non-hydrogen) atoms. The van der Waals surface area contributed by atoms with Crippen molar-refractivity contribution in [3.63, 3.8) is 0 Å². The maximum atomic E-state index is 10.0. The molecule has 0 spiro atoms. The summed E-state index contributed by atoms with van der Waals surface area (Å²) in [6.45, 7) is 4.50. The Morgan fingerprint density at radius 1 is 1.14 bits per heavy atom. The number of fused-ring (bicyclic) bond motifs is 1. The molecule has 1 radical (unpaired) electrons. The quantitative estimate of drug-likeness (QED) is 0.613. The fourth-order valence-corrected chi connectivity index (χ4v) is 2.91. The number of rotatable bonds is 0. The first-order valence-electron chi connectivity index (χ1n) is 5.58. The van der Waals surface area contributed by atoms with Crippen LogP contribution in [-0.2, 0) is 0 Å². The number of aliphatic hydroxyl groups is 1. The minimum atomic E-state index is -0.138. The Bertz CT molecular complexity index is 224. The van der Waals surface area contributed by atoms with E-state index in [0.29, 0.717) is 11.8 Å². The van der Waals surface area contributed by atoms with E-state index in [1.165, 1.54) is 31.3 Å². The first-order chi connectivity index (χ1) is 6.20. The monoisotopic (exact) mass is 407 g/mol. The maximum Gasteiger partial charge on any atom is 0.0778 e. The van der Waals surface area contributed by atoms with Crippen molar-refractivity contribution in [1.82, 2.24) is 0 Å². The normalized spacial score (nSPS) is 42.1. The molecule has 2 heteroatoms. The van der Waals surface area contributed by atoms with Crippen LogP contribution in [0.15, 0.2) is 11.6 Å². The fraction of sp³-hybridized carbons (Fsp3) is 0.833. The molecule has 0 amide bonds. The molecular weight excluding hydrogens is 387 g/mol. The van der Waals surface area contributed by atoms with Crippen molar-refractivity contribution in [3.8, 4) is 0 Å². The Labute approximate surface area is 123 Å². The molecular formula is C12H20AcO. The Balaban J connectivity index is 0.000000980. The summed E-state index contributed by atoms with van der Waals surface area (Å²) in [5.41, 5.74) is 1.36. The largest absolute Gasteiger partial charge is 0.388 e. The molecule has 1 nitrogen and oxygen atoms in total. The summed E-state index contributed by atoms with van der Waals surface area (Å²) in [5.74, 6) is 1.97. The molecule has 0 aromatic heterocycles. The van der Waals surface area contributed by atoms with Gasteiger partial charge in [-0.1, -0.05) is 19.9 Å². The van der Waals surface area contributed by atoms with E-state index in [0.717, 1.165) is 5.92 Å². The smallest absolute Gasteiger partial charge is 0.0778 e. The van der Waals surface area contributed by atoms with E-state index in [-0.39, 0.29) is 50.2 Å². The SMILES string of the molecule is CC1CCC2C(=CCCC2C)C1O.[Ac]. The summed E-state index contributed by atoms with van der Waals surface area (Å²) >= 11 is 0. The van der Waals surface area contributed by atoms with E-state index in [1.54, 1.807) is 0 Å². The van der Waals surface area contributed by atoms with Gasteiger partial charge in [-0.15, -0.1) is 0 Å². The van der Waals surface area contributed by atoms with Gasteiger partial charge >= 0.3 is 0 Å². The van der Waals surface area contributed by atoms with E-state index >= 15 is 0 Å². The molecule has 77 valence electrons. The van der Waals surface area contributed by atoms with Crippen LogP contribution in [0.4, 0.5) is 0 Å². The molecule has 0 bridgehead atoms. The first kappa shape index (κ1) is 13.2. The van der Waals surface area contributed by atoms with E-state index < -0.39 is 0 Å². The molecule has 0 saturated heterocycles. The van der Waals surface area contributed by atoms with Crippen molar-refractivity contribution in [2.45, 2.75) is 45.6 Å². The number of allylic oxidation sites excluding steroid dienone is 1.